The highest BCUT2D eigenvalue weighted by Crippen LogP contribution is 2.28. The van der Waals surface area contributed by atoms with Crippen molar-refractivity contribution in [2.75, 3.05) is 0 Å². The minimum atomic E-state index is -0.736. The van der Waals surface area contributed by atoms with E-state index in [1.54, 1.807) is 42.7 Å². The van der Waals surface area contributed by atoms with E-state index >= 15 is 0 Å². The SMILES string of the molecule is CCc1ccc(C=NNC(=O)C(C)Oc2ccc(Cl)cc2Cl)s1. The van der Waals surface area contributed by atoms with E-state index in [1.807, 2.05) is 12.1 Å². The number of nitrogens with one attached hydrogen (secondary N) is 1. The van der Waals surface area contributed by atoms with Crippen molar-refractivity contribution in [1.82, 2.24) is 5.43 Å². The second kappa shape index (κ2) is 8.34. The molecule has 0 radical (unpaired) electrons. The molecule has 1 amide bonds. The molecule has 0 aliphatic rings. The summed E-state index contributed by atoms with van der Waals surface area (Å²) in [5.41, 5.74) is 2.45. The Labute approximate surface area is 149 Å². The molecule has 1 heterocycles. The number of carbonyl (C=O) groups is 1. The number of thiophene rings is 1. The molecular weight excluding hydrogens is 355 g/mol. The fourth-order valence-electron chi connectivity index (χ4n) is 1.72. The van der Waals surface area contributed by atoms with E-state index in [9.17, 15) is 4.79 Å². The van der Waals surface area contributed by atoms with Gasteiger partial charge in [0.1, 0.15) is 5.75 Å². The van der Waals surface area contributed by atoms with E-state index in [0.717, 1.165) is 11.3 Å². The molecule has 0 fully saturated rings. The first-order chi connectivity index (χ1) is 11.0. The molecular formula is C16H16Cl2N2O2S. The van der Waals surface area contributed by atoms with Crippen LogP contribution in [0.5, 0.6) is 5.75 Å². The Hall–Kier alpha value is -1.56. The summed E-state index contributed by atoms with van der Waals surface area (Å²) in [6, 6.07) is 8.83. The monoisotopic (exact) mass is 370 g/mol. The lowest BCUT2D eigenvalue weighted by Gasteiger charge is -2.14. The van der Waals surface area contributed by atoms with Crippen LogP contribution in [0.1, 0.15) is 23.6 Å². The number of ether oxygens (including phenoxy) is 1. The Morgan fingerprint density at radius 3 is 2.83 bits per heavy atom. The van der Waals surface area contributed by atoms with Gasteiger partial charge >= 0.3 is 0 Å². The van der Waals surface area contributed by atoms with Gasteiger partial charge in [-0.3, -0.25) is 4.79 Å². The lowest BCUT2D eigenvalue weighted by Crippen LogP contribution is -2.33. The average molecular weight is 371 g/mol. The van der Waals surface area contributed by atoms with Crippen LogP contribution < -0.4 is 10.2 Å². The summed E-state index contributed by atoms with van der Waals surface area (Å²) in [5, 5.41) is 4.80. The van der Waals surface area contributed by atoms with Gasteiger partial charge in [0.05, 0.1) is 11.2 Å². The largest absolute Gasteiger partial charge is 0.479 e. The molecule has 4 nitrogen and oxygen atoms in total. The molecule has 2 aromatic rings. The van der Waals surface area contributed by atoms with E-state index in [2.05, 4.69) is 17.5 Å². The van der Waals surface area contributed by atoms with Crippen LogP contribution >= 0.6 is 34.5 Å². The Balaban J connectivity index is 1.89. The molecule has 7 heteroatoms. The zero-order valence-electron chi connectivity index (χ0n) is 12.7. The zero-order chi connectivity index (χ0) is 16.8. The third-order valence-corrected chi connectivity index (χ3v) is 4.66. The summed E-state index contributed by atoms with van der Waals surface area (Å²) < 4.78 is 5.51. The summed E-state index contributed by atoms with van der Waals surface area (Å²) in [6.45, 7) is 3.71. The minimum Gasteiger partial charge on any atom is -0.479 e. The first kappa shape index (κ1) is 17.8. The molecule has 0 spiro atoms. The molecule has 122 valence electrons. The first-order valence-electron chi connectivity index (χ1n) is 7.03. The molecule has 1 atom stereocenters. The number of aryl methyl sites for hydroxylation is 1. The summed E-state index contributed by atoms with van der Waals surface area (Å²) in [4.78, 5) is 14.2. The van der Waals surface area contributed by atoms with Gasteiger partial charge in [0.2, 0.25) is 0 Å². The van der Waals surface area contributed by atoms with Crippen molar-refractivity contribution < 1.29 is 9.53 Å². The van der Waals surface area contributed by atoms with Crippen molar-refractivity contribution in [2.45, 2.75) is 26.4 Å². The van der Waals surface area contributed by atoms with Crippen LogP contribution in [0.25, 0.3) is 0 Å². The molecule has 1 N–H and O–H groups in total. The summed E-state index contributed by atoms with van der Waals surface area (Å²) in [6.07, 6.45) is 1.86. The van der Waals surface area contributed by atoms with Crippen LogP contribution in [0.4, 0.5) is 0 Å². The Morgan fingerprint density at radius 1 is 1.39 bits per heavy atom. The van der Waals surface area contributed by atoms with Gasteiger partial charge in [0.25, 0.3) is 5.91 Å². The highest BCUT2D eigenvalue weighted by Gasteiger charge is 2.15. The molecule has 1 aromatic heterocycles. The average Bonchev–Trinajstić information content (AvgIpc) is 2.98. The van der Waals surface area contributed by atoms with Gasteiger partial charge in [0.15, 0.2) is 6.10 Å². The fourth-order valence-corrected chi connectivity index (χ4v) is 3.00. The third-order valence-electron chi connectivity index (χ3n) is 2.96. The standard InChI is InChI=1S/C16H16Cl2N2O2S/c1-3-12-5-6-13(23-12)9-19-20-16(21)10(2)22-15-7-4-11(17)8-14(15)18/h4-10H,3H2,1-2H3,(H,20,21). The van der Waals surface area contributed by atoms with Crippen molar-refractivity contribution in [2.24, 2.45) is 5.10 Å². The number of benzene rings is 1. The van der Waals surface area contributed by atoms with E-state index < -0.39 is 6.10 Å². The highest BCUT2D eigenvalue weighted by molar-refractivity contribution is 7.13. The molecule has 0 saturated heterocycles. The molecule has 1 unspecified atom stereocenters. The van der Waals surface area contributed by atoms with Crippen LogP contribution in [0.3, 0.4) is 0 Å². The van der Waals surface area contributed by atoms with Crippen molar-refractivity contribution in [3.05, 3.63) is 50.1 Å². The third kappa shape index (κ3) is 5.23. The second-order valence-electron chi connectivity index (χ2n) is 4.73. The molecule has 23 heavy (non-hydrogen) atoms. The maximum absolute atomic E-state index is 12.0. The normalized spacial score (nSPS) is 12.3. The predicted octanol–water partition coefficient (Wildman–Crippen LogP) is 4.53. The Bertz CT molecular complexity index is 716. The minimum absolute atomic E-state index is 0.353. The van der Waals surface area contributed by atoms with E-state index in [0.29, 0.717) is 15.8 Å². The van der Waals surface area contributed by atoms with Crippen LogP contribution in [-0.4, -0.2) is 18.2 Å². The van der Waals surface area contributed by atoms with Gasteiger partial charge in [-0.25, -0.2) is 5.43 Å². The molecule has 0 bridgehead atoms. The second-order valence-corrected chi connectivity index (χ2v) is 6.77. The molecule has 1 aromatic carbocycles. The summed E-state index contributed by atoms with van der Waals surface area (Å²) >= 11 is 13.5. The van der Waals surface area contributed by atoms with E-state index in [1.165, 1.54) is 4.88 Å². The fraction of sp³-hybridized carbons (Fsp3) is 0.250. The number of halogens is 2. The zero-order valence-corrected chi connectivity index (χ0v) is 15.0. The lowest BCUT2D eigenvalue weighted by atomic mass is 10.3. The number of hydrogen-bond acceptors (Lipinski definition) is 4. The van der Waals surface area contributed by atoms with Crippen LogP contribution in [-0.2, 0) is 11.2 Å². The number of rotatable bonds is 6. The van der Waals surface area contributed by atoms with Gasteiger partial charge in [-0.05, 0) is 43.7 Å². The number of carbonyl (C=O) groups excluding carboxylic acids is 1. The van der Waals surface area contributed by atoms with Gasteiger partial charge in [-0.1, -0.05) is 30.1 Å². The van der Waals surface area contributed by atoms with Crippen molar-refractivity contribution in [3.63, 3.8) is 0 Å². The van der Waals surface area contributed by atoms with Crippen molar-refractivity contribution in [3.8, 4) is 5.75 Å². The van der Waals surface area contributed by atoms with E-state index in [4.69, 9.17) is 27.9 Å². The predicted molar refractivity (Wildman–Crippen MR) is 96.0 cm³/mol. The molecule has 0 saturated carbocycles. The lowest BCUT2D eigenvalue weighted by molar-refractivity contribution is -0.127. The van der Waals surface area contributed by atoms with Crippen molar-refractivity contribution >= 4 is 46.7 Å². The topological polar surface area (TPSA) is 50.7 Å². The first-order valence-corrected chi connectivity index (χ1v) is 8.60. The van der Waals surface area contributed by atoms with Gasteiger partial charge in [-0.2, -0.15) is 5.10 Å². The van der Waals surface area contributed by atoms with E-state index in [-0.39, 0.29) is 5.91 Å². The van der Waals surface area contributed by atoms with Gasteiger partial charge < -0.3 is 4.74 Å². The van der Waals surface area contributed by atoms with Gasteiger partial charge in [0, 0.05) is 14.8 Å². The Kier molecular flexibility index (Phi) is 6.45. The summed E-state index contributed by atoms with van der Waals surface area (Å²) in [5.74, 6) is 0.0353. The van der Waals surface area contributed by atoms with Gasteiger partial charge in [-0.15, -0.1) is 11.3 Å². The van der Waals surface area contributed by atoms with Crippen LogP contribution in [0.2, 0.25) is 10.0 Å². The Morgan fingerprint density at radius 2 is 2.17 bits per heavy atom. The maximum atomic E-state index is 12.0. The molecule has 0 aliphatic carbocycles. The maximum Gasteiger partial charge on any atom is 0.280 e. The van der Waals surface area contributed by atoms with Crippen molar-refractivity contribution in [1.29, 1.82) is 0 Å². The molecule has 0 aliphatic heterocycles. The van der Waals surface area contributed by atoms with Crippen LogP contribution in [0, 0.1) is 0 Å². The number of hydrazone groups is 1. The van der Waals surface area contributed by atoms with Crippen LogP contribution in [0.15, 0.2) is 35.4 Å². The summed E-state index contributed by atoms with van der Waals surface area (Å²) in [7, 11) is 0. The number of amides is 1. The quantitative estimate of drug-likeness (QED) is 0.599. The number of nitrogens with zero attached hydrogens (tertiary/aromatic N) is 1. The molecule has 2 rings (SSSR count). The smallest absolute Gasteiger partial charge is 0.280 e. The number of hydrogen-bond donors (Lipinski definition) is 1. The highest BCUT2D eigenvalue weighted by atomic mass is 35.5.